The number of methoxy groups -OCH3 is 1. The molecule has 7 heteroatoms. The second-order valence-electron chi connectivity index (χ2n) is 8.11. The molecule has 35 heavy (non-hydrogen) atoms. The van der Waals surface area contributed by atoms with Gasteiger partial charge in [0.1, 0.15) is 17.5 Å². The quantitative estimate of drug-likeness (QED) is 0.389. The first-order valence-electron chi connectivity index (χ1n) is 11.6. The number of benzene rings is 3. The minimum absolute atomic E-state index is 0.192. The third-order valence-corrected chi connectivity index (χ3v) is 5.76. The number of hydrogen-bond donors (Lipinski definition) is 1. The SMILES string of the molecule is CCCNC(=O)[C@H](Cc1ccccc1)N(Cc1ccc(Cl)cc1)C(=O)COc1ccc(OC)cc1. The average Bonchev–Trinajstić information content (AvgIpc) is 2.89. The maximum atomic E-state index is 13.5. The fourth-order valence-corrected chi connectivity index (χ4v) is 3.73. The van der Waals surface area contributed by atoms with Crippen LogP contribution in [0.1, 0.15) is 24.5 Å². The highest BCUT2D eigenvalue weighted by atomic mass is 35.5. The number of amides is 2. The highest BCUT2D eigenvalue weighted by Crippen LogP contribution is 2.19. The fraction of sp³-hybridized carbons (Fsp3) is 0.286. The average molecular weight is 495 g/mol. The van der Waals surface area contributed by atoms with E-state index >= 15 is 0 Å². The summed E-state index contributed by atoms with van der Waals surface area (Å²) in [4.78, 5) is 28.3. The largest absolute Gasteiger partial charge is 0.497 e. The summed E-state index contributed by atoms with van der Waals surface area (Å²) in [6, 6.07) is 23.3. The zero-order chi connectivity index (χ0) is 25.0. The number of halogens is 1. The Kier molecular flexibility index (Phi) is 9.99. The molecule has 0 unspecified atom stereocenters. The van der Waals surface area contributed by atoms with Crippen molar-refractivity contribution in [1.29, 1.82) is 0 Å². The zero-order valence-electron chi connectivity index (χ0n) is 20.1. The zero-order valence-corrected chi connectivity index (χ0v) is 20.8. The van der Waals surface area contributed by atoms with Crippen LogP contribution < -0.4 is 14.8 Å². The summed E-state index contributed by atoms with van der Waals surface area (Å²) in [5.41, 5.74) is 1.84. The van der Waals surface area contributed by atoms with E-state index in [-0.39, 0.29) is 25.0 Å². The molecule has 0 radical (unpaired) electrons. The molecule has 0 saturated carbocycles. The molecule has 2 amide bonds. The summed E-state index contributed by atoms with van der Waals surface area (Å²) < 4.78 is 10.9. The Morgan fingerprint density at radius 3 is 2.20 bits per heavy atom. The van der Waals surface area contributed by atoms with Crippen LogP contribution in [0, 0.1) is 0 Å². The minimum Gasteiger partial charge on any atom is -0.497 e. The van der Waals surface area contributed by atoms with Gasteiger partial charge in [-0.2, -0.15) is 0 Å². The molecule has 0 heterocycles. The standard InChI is InChI=1S/C28H31ClN2O4/c1-3-17-30-28(33)26(18-21-7-5-4-6-8-21)31(19-22-9-11-23(29)12-10-22)27(32)20-35-25-15-13-24(34-2)14-16-25/h4-16,26H,3,17-20H2,1-2H3,(H,30,33)/t26-/m0/s1. The van der Waals surface area contributed by atoms with E-state index < -0.39 is 6.04 Å². The summed E-state index contributed by atoms with van der Waals surface area (Å²) in [5, 5.41) is 3.57. The number of rotatable bonds is 12. The maximum Gasteiger partial charge on any atom is 0.261 e. The smallest absolute Gasteiger partial charge is 0.261 e. The van der Waals surface area contributed by atoms with Gasteiger partial charge in [-0.25, -0.2) is 0 Å². The normalized spacial score (nSPS) is 11.4. The Bertz CT molecular complexity index is 1070. The van der Waals surface area contributed by atoms with Crippen LogP contribution in [0.2, 0.25) is 5.02 Å². The van der Waals surface area contributed by atoms with Gasteiger partial charge in [-0.15, -0.1) is 0 Å². The van der Waals surface area contributed by atoms with Gasteiger partial charge in [-0.3, -0.25) is 9.59 Å². The first-order valence-corrected chi connectivity index (χ1v) is 12.0. The molecule has 6 nitrogen and oxygen atoms in total. The van der Waals surface area contributed by atoms with Crippen LogP contribution in [0.25, 0.3) is 0 Å². The van der Waals surface area contributed by atoms with E-state index in [1.54, 1.807) is 48.4 Å². The van der Waals surface area contributed by atoms with Gasteiger partial charge in [-0.1, -0.05) is 61.0 Å². The first kappa shape index (κ1) is 26.1. The van der Waals surface area contributed by atoms with E-state index in [0.717, 1.165) is 17.5 Å². The second kappa shape index (κ2) is 13.4. The Labute approximate surface area is 211 Å². The van der Waals surface area contributed by atoms with Crippen molar-refractivity contribution in [2.24, 2.45) is 0 Å². The monoisotopic (exact) mass is 494 g/mol. The molecule has 1 N–H and O–H groups in total. The van der Waals surface area contributed by atoms with Crippen molar-refractivity contribution in [3.8, 4) is 11.5 Å². The lowest BCUT2D eigenvalue weighted by molar-refractivity contribution is -0.142. The number of nitrogens with zero attached hydrogens (tertiary/aromatic N) is 1. The molecule has 0 spiro atoms. The Morgan fingerprint density at radius 1 is 0.914 bits per heavy atom. The highest BCUT2D eigenvalue weighted by Gasteiger charge is 2.30. The molecule has 3 aromatic carbocycles. The van der Waals surface area contributed by atoms with Gasteiger partial charge in [0, 0.05) is 24.5 Å². The minimum atomic E-state index is -0.702. The summed E-state index contributed by atoms with van der Waals surface area (Å²) >= 11 is 6.05. The fourth-order valence-electron chi connectivity index (χ4n) is 3.61. The van der Waals surface area contributed by atoms with E-state index in [9.17, 15) is 9.59 Å². The van der Waals surface area contributed by atoms with Crippen molar-refractivity contribution in [2.75, 3.05) is 20.3 Å². The lowest BCUT2D eigenvalue weighted by atomic mass is 10.0. The number of carbonyl (C=O) groups excluding carboxylic acids is 2. The summed E-state index contributed by atoms with van der Waals surface area (Å²) in [5.74, 6) is 0.759. The molecule has 0 aliphatic carbocycles. The number of carbonyl (C=O) groups is 2. The molecule has 1 atom stereocenters. The van der Waals surface area contributed by atoms with Crippen LogP contribution in [-0.4, -0.2) is 43.0 Å². The predicted molar refractivity (Wildman–Crippen MR) is 138 cm³/mol. The number of hydrogen-bond acceptors (Lipinski definition) is 4. The van der Waals surface area contributed by atoms with Crippen LogP contribution in [0.3, 0.4) is 0 Å². The lowest BCUT2D eigenvalue weighted by Gasteiger charge is -2.31. The van der Waals surface area contributed by atoms with Gasteiger partial charge in [0.25, 0.3) is 5.91 Å². The van der Waals surface area contributed by atoms with Crippen molar-refractivity contribution in [3.63, 3.8) is 0 Å². The van der Waals surface area contributed by atoms with Crippen molar-refractivity contribution >= 4 is 23.4 Å². The molecule has 0 bridgehead atoms. The summed E-state index contributed by atoms with van der Waals surface area (Å²) in [7, 11) is 1.59. The van der Waals surface area contributed by atoms with Gasteiger partial charge >= 0.3 is 0 Å². The second-order valence-corrected chi connectivity index (χ2v) is 8.55. The van der Waals surface area contributed by atoms with E-state index in [4.69, 9.17) is 21.1 Å². The molecule has 184 valence electrons. The van der Waals surface area contributed by atoms with E-state index in [1.165, 1.54) is 0 Å². The molecule has 0 aliphatic heterocycles. The van der Waals surface area contributed by atoms with Crippen molar-refractivity contribution in [1.82, 2.24) is 10.2 Å². The Morgan fingerprint density at radius 2 is 1.57 bits per heavy atom. The third-order valence-electron chi connectivity index (χ3n) is 5.51. The van der Waals surface area contributed by atoms with E-state index in [1.807, 2.05) is 49.4 Å². The van der Waals surface area contributed by atoms with Gasteiger partial charge in [0.15, 0.2) is 6.61 Å². The molecule has 0 fully saturated rings. The molecule has 0 aliphatic rings. The van der Waals surface area contributed by atoms with Crippen LogP contribution >= 0.6 is 11.6 Å². The molecule has 0 saturated heterocycles. The summed E-state index contributed by atoms with van der Waals surface area (Å²) in [6.45, 7) is 2.58. The number of ether oxygens (including phenoxy) is 2. The molecule has 3 aromatic rings. The highest BCUT2D eigenvalue weighted by molar-refractivity contribution is 6.30. The lowest BCUT2D eigenvalue weighted by Crippen LogP contribution is -2.51. The van der Waals surface area contributed by atoms with Crippen molar-refractivity contribution in [3.05, 3.63) is 95.0 Å². The number of nitrogens with one attached hydrogen (secondary N) is 1. The van der Waals surface area contributed by atoms with E-state index in [2.05, 4.69) is 5.32 Å². The summed E-state index contributed by atoms with van der Waals surface area (Å²) in [6.07, 6.45) is 1.19. The van der Waals surface area contributed by atoms with Gasteiger partial charge in [0.05, 0.1) is 7.11 Å². The van der Waals surface area contributed by atoms with E-state index in [0.29, 0.717) is 29.5 Å². The van der Waals surface area contributed by atoms with Crippen LogP contribution in [0.5, 0.6) is 11.5 Å². The Hall–Kier alpha value is -3.51. The van der Waals surface area contributed by atoms with Gasteiger partial charge in [-0.05, 0) is 53.9 Å². The van der Waals surface area contributed by atoms with Crippen LogP contribution in [0.4, 0.5) is 0 Å². The molecular formula is C28H31ClN2O4. The van der Waals surface area contributed by atoms with Gasteiger partial charge < -0.3 is 19.7 Å². The molecular weight excluding hydrogens is 464 g/mol. The maximum absolute atomic E-state index is 13.5. The third kappa shape index (κ3) is 8.04. The molecule has 3 rings (SSSR count). The first-order chi connectivity index (χ1) is 17.0. The van der Waals surface area contributed by atoms with Crippen molar-refractivity contribution < 1.29 is 19.1 Å². The van der Waals surface area contributed by atoms with Crippen LogP contribution in [0.15, 0.2) is 78.9 Å². The molecule has 0 aromatic heterocycles. The predicted octanol–water partition coefficient (Wildman–Crippen LogP) is 4.89. The van der Waals surface area contributed by atoms with Crippen molar-refractivity contribution in [2.45, 2.75) is 32.4 Å². The topological polar surface area (TPSA) is 67.9 Å². The Balaban J connectivity index is 1.86. The van der Waals surface area contributed by atoms with Crippen LogP contribution in [-0.2, 0) is 22.6 Å². The van der Waals surface area contributed by atoms with Gasteiger partial charge in [0.2, 0.25) is 5.91 Å².